The molecule has 0 spiro atoms. The smallest absolute Gasteiger partial charge is 0 e. The molecule has 0 amide bonds. The van der Waals surface area contributed by atoms with E-state index in [1.807, 2.05) is 27.7 Å². The maximum absolute atomic E-state index is 3.63. The van der Waals surface area contributed by atoms with Gasteiger partial charge in [-0.15, -0.1) is 11.6 Å². The monoisotopic (exact) mass is 375 g/mol. The van der Waals surface area contributed by atoms with Crippen molar-refractivity contribution in [1.82, 2.24) is 4.90 Å². The van der Waals surface area contributed by atoms with Gasteiger partial charge in [0.2, 0.25) is 0 Å². The molecule has 2 heteroatoms. The zero-order valence-corrected chi connectivity index (χ0v) is 16.8. The molecule has 1 aliphatic heterocycles. The second-order valence-corrected chi connectivity index (χ2v) is 3.55. The molecule has 0 aromatic carbocycles. The molecule has 1 nitrogen and oxygen atoms in total. The standard InChI is InChI=1S/C12H18N.2C2H6.La/c1-4-6-7-11(5-2)12-8-9-13(3)10-12;2*1-2;/h4-5,7,12H,1,8-10H2,2-3H3;2*1-2H3;/q-1;;;/b11-5+;;;. The van der Waals surface area contributed by atoms with E-state index in [0.29, 0.717) is 5.92 Å². The normalized spacial score (nSPS) is 19.2. The summed E-state index contributed by atoms with van der Waals surface area (Å²) in [6, 6.07) is 0. The third-order valence-corrected chi connectivity index (χ3v) is 2.56. The van der Waals surface area contributed by atoms with E-state index in [1.54, 1.807) is 6.08 Å². The zero-order valence-electron chi connectivity index (χ0n) is 13.2. The topological polar surface area (TPSA) is 3.24 Å². The summed E-state index contributed by atoms with van der Waals surface area (Å²) in [7, 11) is 2.17. The molecule has 0 saturated carbocycles. The van der Waals surface area contributed by atoms with Crippen LogP contribution >= 0.6 is 0 Å². The summed E-state index contributed by atoms with van der Waals surface area (Å²) in [5, 5.41) is 0. The Labute approximate surface area is 143 Å². The molecule has 0 N–H and O–H groups in total. The van der Waals surface area contributed by atoms with Crippen molar-refractivity contribution in [2.45, 2.75) is 41.0 Å². The SMILES string of the molecule is C=C[C-]=C/C(=C\C)C1CCN(C)C1.CC.CC.[La]. The minimum absolute atomic E-state index is 0. The van der Waals surface area contributed by atoms with Crippen molar-refractivity contribution in [2.24, 2.45) is 5.92 Å². The molecule has 1 saturated heterocycles. The summed E-state index contributed by atoms with van der Waals surface area (Å²) in [5.41, 5.74) is 1.39. The largest absolute Gasteiger partial charge is 0.307 e. The van der Waals surface area contributed by atoms with Gasteiger partial charge in [-0.1, -0.05) is 34.6 Å². The first-order valence-corrected chi connectivity index (χ1v) is 6.83. The van der Waals surface area contributed by atoms with Crippen LogP contribution in [0.3, 0.4) is 0 Å². The average Bonchev–Trinajstić information content (AvgIpc) is 2.82. The predicted molar refractivity (Wildman–Crippen MR) is 80.1 cm³/mol. The van der Waals surface area contributed by atoms with E-state index in [1.165, 1.54) is 25.1 Å². The molecule has 0 bridgehead atoms. The third-order valence-electron chi connectivity index (χ3n) is 2.56. The Bertz CT molecular complexity index is 231. The molecule has 1 atom stereocenters. The number of hydrogen-bond donors (Lipinski definition) is 0. The fourth-order valence-corrected chi connectivity index (χ4v) is 1.80. The summed E-state index contributed by atoms with van der Waals surface area (Å²) < 4.78 is 0. The summed E-state index contributed by atoms with van der Waals surface area (Å²) in [4.78, 5) is 2.37. The van der Waals surface area contributed by atoms with Crippen LogP contribution in [0.15, 0.2) is 30.4 Å². The Morgan fingerprint density at radius 3 is 2.17 bits per heavy atom. The second-order valence-electron chi connectivity index (χ2n) is 3.55. The number of hydrogen-bond acceptors (Lipinski definition) is 1. The van der Waals surface area contributed by atoms with E-state index in [-0.39, 0.29) is 35.6 Å². The Balaban J connectivity index is -0.000000409. The van der Waals surface area contributed by atoms with Crippen molar-refractivity contribution in [2.75, 3.05) is 20.1 Å². The van der Waals surface area contributed by atoms with Crippen molar-refractivity contribution in [1.29, 1.82) is 0 Å². The molecule has 1 fully saturated rings. The van der Waals surface area contributed by atoms with Crippen LogP contribution in [0.1, 0.15) is 41.0 Å². The zero-order chi connectivity index (χ0) is 13.7. The van der Waals surface area contributed by atoms with Crippen LogP contribution < -0.4 is 0 Å². The molecule has 1 heterocycles. The maximum atomic E-state index is 3.63. The average molecular weight is 375 g/mol. The van der Waals surface area contributed by atoms with Gasteiger partial charge in [0, 0.05) is 35.6 Å². The molecule has 103 valence electrons. The molecule has 1 radical (unpaired) electrons. The van der Waals surface area contributed by atoms with Gasteiger partial charge in [-0.3, -0.25) is 0 Å². The van der Waals surface area contributed by atoms with Gasteiger partial charge < -0.3 is 4.90 Å². The Morgan fingerprint density at radius 1 is 1.28 bits per heavy atom. The molecule has 1 aliphatic rings. The van der Waals surface area contributed by atoms with Crippen LogP contribution in [0.25, 0.3) is 0 Å². The van der Waals surface area contributed by atoms with Crippen LogP contribution in [0.5, 0.6) is 0 Å². The van der Waals surface area contributed by atoms with Crippen LogP contribution in [-0.4, -0.2) is 25.0 Å². The fraction of sp³-hybridized carbons (Fsp3) is 0.625. The molecule has 1 unspecified atom stereocenters. The Hall–Kier alpha value is 0.375. The quantitative estimate of drug-likeness (QED) is 0.519. The number of rotatable bonds is 3. The number of allylic oxidation sites excluding steroid dienone is 4. The molecule has 0 aromatic rings. The Morgan fingerprint density at radius 2 is 1.83 bits per heavy atom. The Kier molecular flexibility index (Phi) is 22.7. The van der Waals surface area contributed by atoms with Gasteiger partial charge in [0.15, 0.2) is 0 Å². The molecule has 18 heavy (non-hydrogen) atoms. The van der Waals surface area contributed by atoms with Crippen LogP contribution in [0, 0.1) is 47.6 Å². The fourth-order valence-electron chi connectivity index (χ4n) is 1.80. The molecule has 1 rings (SSSR count). The van der Waals surface area contributed by atoms with Crippen molar-refractivity contribution in [3.8, 4) is 0 Å². The van der Waals surface area contributed by atoms with Crippen LogP contribution in [0.2, 0.25) is 0 Å². The summed E-state index contributed by atoms with van der Waals surface area (Å²) in [6.07, 6.45) is 10.3. The van der Waals surface area contributed by atoms with E-state index in [9.17, 15) is 0 Å². The van der Waals surface area contributed by atoms with Gasteiger partial charge >= 0.3 is 0 Å². The van der Waals surface area contributed by atoms with Crippen molar-refractivity contribution < 1.29 is 35.6 Å². The van der Waals surface area contributed by atoms with Gasteiger partial charge in [-0.25, -0.2) is 0 Å². The van der Waals surface area contributed by atoms with E-state index in [0.717, 1.165) is 0 Å². The molecular formula is C16H30LaN-. The van der Waals surface area contributed by atoms with Gasteiger partial charge in [0.25, 0.3) is 0 Å². The van der Waals surface area contributed by atoms with E-state index in [2.05, 4.69) is 43.7 Å². The van der Waals surface area contributed by atoms with E-state index >= 15 is 0 Å². The first-order valence-electron chi connectivity index (χ1n) is 6.83. The third kappa shape index (κ3) is 10.3. The summed E-state index contributed by atoms with van der Waals surface area (Å²) in [5.74, 6) is 0.697. The summed E-state index contributed by atoms with van der Waals surface area (Å²) in [6.45, 7) is 16.1. The molecular weight excluding hydrogens is 345 g/mol. The van der Waals surface area contributed by atoms with Gasteiger partial charge in [-0.05, 0) is 32.5 Å². The predicted octanol–water partition coefficient (Wildman–Crippen LogP) is 4.48. The van der Waals surface area contributed by atoms with Gasteiger partial charge in [-0.2, -0.15) is 24.8 Å². The molecule has 0 aliphatic carbocycles. The van der Waals surface area contributed by atoms with Crippen molar-refractivity contribution in [3.63, 3.8) is 0 Å². The minimum Gasteiger partial charge on any atom is -0.307 e. The van der Waals surface area contributed by atoms with Crippen molar-refractivity contribution in [3.05, 3.63) is 36.5 Å². The van der Waals surface area contributed by atoms with E-state index in [4.69, 9.17) is 0 Å². The van der Waals surface area contributed by atoms with Gasteiger partial charge in [0.1, 0.15) is 0 Å². The number of nitrogens with zero attached hydrogens (tertiary/aromatic N) is 1. The van der Waals surface area contributed by atoms with E-state index < -0.39 is 0 Å². The minimum atomic E-state index is 0. The van der Waals surface area contributed by atoms with Crippen LogP contribution in [-0.2, 0) is 0 Å². The van der Waals surface area contributed by atoms with Gasteiger partial charge in [0.05, 0.1) is 0 Å². The first kappa shape index (κ1) is 23.5. The maximum Gasteiger partial charge on any atom is 0 e. The number of likely N-dealkylation sites (tertiary alicyclic amines) is 1. The first-order chi connectivity index (χ1) is 8.27. The van der Waals surface area contributed by atoms with Crippen LogP contribution in [0.4, 0.5) is 0 Å². The second kappa shape index (κ2) is 17.4. The molecule has 0 aromatic heterocycles. The summed E-state index contributed by atoms with van der Waals surface area (Å²) >= 11 is 0. The van der Waals surface area contributed by atoms with Crippen molar-refractivity contribution >= 4 is 0 Å².